The average Bonchev–Trinajstić information content (AvgIpc) is 2.35. The van der Waals surface area contributed by atoms with Crippen LogP contribution >= 0.6 is 38.5 Å². The fourth-order valence-corrected chi connectivity index (χ4v) is 2.53. The minimum atomic E-state index is 0.0803. The number of carbonyl (C=O) groups is 1. The Labute approximate surface area is 128 Å². The second-order valence-corrected chi connectivity index (χ2v) is 6.15. The minimum absolute atomic E-state index is 0.0803. The molecule has 0 fully saturated rings. The van der Waals surface area contributed by atoms with Gasteiger partial charge in [-0.1, -0.05) is 22.0 Å². The van der Waals surface area contributed by atoms with E-state index in [0.29, 0.717) is 12.0 Å². The normalized spacial score (nSPS) is 10.4. The summed E-state index contributed by atoms with van der Waals surface area (Å²) in [5.41, 5.74) is 2.61. The maximum Gasteiger partial charge on any atom is 0.169 e. The van der Waals surface area contributed by atoms with Crippen LogP contribution < -0.4 is 0 Å². The molecule has 0 aliphatic carbocycles. The van der Waals surface area contributed by atoms with Crippen molar-refractivity contribution in [3.05, 3.63) is 61.4 Å². The first-order valence-corrected chi connectivity index (χ1v) is 7.33. The first-order valence-electron chi connectivity index (χ1n) is 5.46. The second-order valence-electron chi connectivity index (χ2n) is 4.05. The van der Waals surface area contributed by atoms with E-state index in [0.717, 1.165) is 19.3 Å². The molecule has 2 rings (SSSR count). The highest BCUT2D eigenvalue weighted by atomic mass is 127. The number of Topliss-reactive ketones (excluding diaryl/α,β-unsaturated/α-hetero) is 1. The summed E-state index contributed by atoms with van der Waals surface area (Å²) in [5.74, 6) is 0.0803. The van der Waals surface area contributed by atoms with E-state index in [2.05, 4.69) is 43.5 Å². The maximum atomic E-state index is 12.2. The van der Waals surface area contributed by atoms with Crippen molar-refractivity contribution in [1.29, 1.82) is 0 Å². The zero-order valence-corrected chi connectivity index (χ0v) is 13.5. The molecule has 2 aromatic rings. The number of halogens is 2. The van der Waals surface area contributed by atoms with Crippen molar-refractivity contribution in [1.82, 2.24) is 4.98 Å². The molecule has 0 atom stereocenters. The van der Waals surface area contributed by atoms with Crippen LogP contribution in [0.15, 0.2) is 41.0 Å². The van der Waals surface area contributed by atoms with Crippen molar-refractivity contribution in [3.8, 4) is 0 Å². The molecule has 0 unspecified atom stereocenters. The first kappa shape index (κ1) is 13.7. The highest BCUT2D eigenvalue weighted by Crippen LogP contribution is 2.21. The summed E-state index contributed by atoms with van der Waals surface area (Å²) in [6, 6.07) is 9.62. The van der Waals surface area contributed by atoms with Crippen LogP contribution in [-0.4, -0.2) is 10.8 Å². The van der Waals surface area contributed by atoms with Crippen molar-refractivity contribution >= 4 is 44.3 Å². The number of nitrogens with zero attached hydrogens (tertiary/aromatic N) is 1. The van der Waals surface area contributed by atoms with Gasteiger partial charge in [-0.25, -0.2) is 0 Å². The SMILES string of the molecule is Cc1ccc(CC(=O)c2cc(I)ccc2Br)nc1. The van der Waals surface area contributed by atoms with Crippen LogP contribution in [-0.2, 0) is 6.42 Å². The molecule has 0 radical (unpaired) electrons. The van der Waals surface area contributed by atoms with Crippen molar-refractivity contribution in [2.24, 2.45) is 0 Å². The Kier molecular flexibility index (Phi) is 4.50. The lowest BCUT2D eigenvalue weighted by Gasteiger charge is -2.04. The van der Waals surface area contributed by atoms with Crippen molar-refractivity contribution in [3.63, 3.8) is 0 Å². The Morgan fingerprint density at radius 3 is 2.78 bits per heavy atom. The van der Waals surface area contributed by atoms with Crippen LogP contribution in [0.4, 0.5) is 0 Å². The van der Waals surface area contributed by atoms with E-state index in [4.69, 9.17) is 0 Å². The van der Waals surface area contributed by atoms with Gasteiger partial charge in [-0.15, -0.1) is 0 Å². The molecule has 0 N–H and O–H groups in total. The minimum Gasteiger partial charge on any atom is -0.294 e. The molecule has 2 nitrogen and oxygen atoms in total. The van der Waals surface area contributed by atoms with Gasteiger partial charge in [-0.05, 0) is 59.3 Å². The van der Waals surface area contributed by atoms with E-state index in [9.17, 15) is 4.79 Å². The summed E-state index contributed by atoms with van der Waals surface area (Å²) in [4.78, 5) is 16.5. The molecule has 0 spiro atoms. The van der Waals surface area contributed by atoms with E-state index < -0.39 is 0 Å². The lowest BCUT2D eigenvalue weighted by atomic mass is 10.1. The first-order chi connectivity index (χ1) is 8.56. The van der Waals surface area contributed by atoms with Crippen LogP contribution in [0.3, 0.4) is 0 Å². The van der Waals surface area contributed by atoms with Crippen LogP contribution in [0, 0.1) is 10.5 Å². The van der Waals surface area contributed by atoms with E-state index in [1.807, 2.05) is 37.3 Å². The monoisotopic (exact) mass is 415 g/mol. The standard InChI is InChI=1S/C14H11BrINO/c1-9-2-4-11(17-8-9)7-14(18)12-6-10(16)3-5-13(12)15/h2-6,8H,7H2,1H3. The van der Waals surface area contributed by atoms with E-state index in [1.54, 1.807) is 6.20 Å². The van der Waals surface area contributed by atoms with Gasteiger partial charge in [0.1, 0.15) is 0 Å². The topological polar surface area (TPSA) is 30.0 Å². The molecule has 0 saturated heterocycles. The summed E-state index contributed by atoms with van der Waals surface area (Å²) >= 11 is 5.61. The summed E-state index contributed by atoms with van der Waals surface area (Å²) < 4.78 is 1.89. The molecule has 92 valence electrons. The third-order valence-corrected chi connectivity index (χ3v) is 3.91. The predicted octanol–water partition coefficient (Wildman–Crippen LogP) is 4.18. The number of pyridine rings is 1. The summed E-state index contributed by atoms with van der Waals surface area (Å²) in [6.07, 6.45) is 2.12. The quantitative estimate of drug-likeness (QED) is 0.555. The van der Waals surface area contributed by atoms with Gasteiger partial charge in [0.25, 0.3) is 0 Å². The Bertz CT molecular complexity index is 581. The molecular weight excluding hydrogens is 405 g/mol. The largest absolute Gasteiger partial charge is 0.294 e. The fraction of sp³-hybridized carbons (Fsp3) is 0.143. The molecule has 0 bridgehead atoms. The molecule has 0 aliphatic heterocycles. The van der Waals surface area contributed by atoms with Crippen LogP contribution in [0.2, 0.25) is 0 Å². The number of hydrogen-bond donors (Lipinski definition) is 0. The molecular formula is C14H11BrINO. The van der Waals surface area contributed by atoms with Gasteiger partial charge < -0.3 is 0 Å². The smallest absolute Gasteiger partial charge is 0.169 e. The highest BCUT2D eigenvalue weighted by molar-refractivity contribution is 14.1. The van der Waals surface area contributed by atoms with Crippen LogP contribution in [0.5, 0.6) is 0 Å². The van der Waals surface area contributed by atoms with Gasteiger partial charge in [0.05, 0.1) is 6.42 Å². The zero-order valence-electron chi connectivity index (χ0n) is 9.78. The fourth-order valence-electron chi connectivity index (χ4n) is 1.57. The third-order valence-electron chi connectivity index (χ3n) is 2.54. The number of hydrogen-bond acceptors (Lipinski definition) is 2. The zero-order chi connectivity index (χ0) is 13.1. The van der Waals surface area contributed by atoms with Crippen LogP contribution in [0.25, 0.3) is 0 Å². The van der Waals surface area contributed by atoms with Crippen LogP contribution in [0.1, 0.15) is 21.6 Å². The number of aromatic nitrogens is 1. The second kappa shape index (κ2) is 5.93. The third kappa shape index (κ3) is 3.38. The van der Waals surface area contributed by atoms with Gasteiger partial charge >= 0.3 is 0 Å². The van der Waals surface area contributed by atoms with Crippen molar-refractivity contribution in [2.45, 2.75) is 13.3 Å². The Balaban J connectivity index is 2.21. The molecule has 1 aromatic heterocycles. The Morgan fingerprint density at radius 2 is 2.11 bits per heavy atom. The van der Waals surface area contributed by atoms with E-state index in [-0.39, 0.29) is 5.78 Å². The predicted molar refractivity (Wildman–Crippen MR) is 83.9 cm³/mol. The lowest BCUT2D eigenvalue weighted by Crippen LogP contribution is -2.06. The number of aryl methyl sites for hydroxylation is 1. The Hall–Kier alpha value is -0.750. The van der Waals surface area contributed by atoms with Crippen molar-refractivity contribution in [2.75, 3.05) is 0 Å². The summed E-state index contributed by atoms with van der Waals surface area (Å²) in [6.45, 7) is 1.98. The highest BCUT2D eigenvalue weighted by Gasteiger charge is 2.12. The Morgan fingerprint density at radius 1 is 1.33 bits per heavy atom. The van der Waals surface area contributed by atoms with E-state index in [1.165, 1.54) is 0 Å². The number of benzene rings is 1. The molecule has 0 aliphatic rings. The van der Waals surface area contributed by atoms with Gasteiger partial charge in [0.15, 0.2) is 5.78 Å². The number of ketones is 1. The number of carbonyl (C=O) groups excluding carboxylic acids is 1. The van der Waals surface area contributed by atoms with E-state index >= 15 is 0 Å². The van der Waals surface area contributed by atoms with Gasteiger partial charge in [0, 0.05) is 25.5 Å². The molecule has 4 heteroatoms. The maximum absolute atomic E-state index is 12.2. The molecule has 1 heterocycles. The van der Waals surface area contributed by atoms with Gasteiger partial charge in [0.2, 0.25) is 0 Å². The van der Waals surface area contributed by atoms with Crippen molar-refractivity contribution < 1.29 is 4.79 Å². The van der Waals surface area contributed by atoms with Gasteiger partial charge in [-0.3, -0.25) is 9.78 Å². The molecule has 0 amide bonds. The molecule has 0 saturated carbocycles. The molecule has 18 heavy (non-hydrogen) atoms. The average molecular weight is 416 g/mol. The molecule has 1 aromatic carbocycles. The number of rotatable bonds is 3. The summed E-state index contributed by atoms with van der Waals surface area (Å²) in [5, 5.41) is 0. The van der Waals surface area contributed by atoms with Gasteiger partial charge in [-0.2, -0.15) is 0 Å². The lowest BCUT2D eigenvalue weighted by molar-refractivity contribution is 0.0991. The summed E-state index contributed by atoms with van der Waals surface area (Å²) in [7, 11) is 0.